The minimum Gasteiger partial charge on any atom is -0.460 e. The van der Waals surface area contributed by atoms with Crippen LogP contribution in [-0.4, -0.2) is 34.9 Å². The van der Waals surface area contributed by atoms with E-state index in [1.807, 2.05) is 26.8 Å². The molecule has 5 nitrogen and oxygen atoms in total. The zero-order chi connectivity index (χ0) is 14.8. The Morgan fingerprint density at radius 1 is 1.30 bits per heavy atom. The van der Waals surface area contributed by atoms with Gasteiger partial charge in [0.1, 0.15) is 5.60 Å². The standard InChI is InChI=1S/C14H20ClN3O2/c1-14(2,3)20-13(19)10-6-8-18(9-7-10)12-5-4-11(15)16-17-12/h4-5,10H,6-9H2,1-3H3. The van der Waals surface area contributed by atoms with Gasteiger partial charge in [-0.3, -0.25) is 4.79 Å². The third-order valence-electron chi connectivity index (χ3n) is 3.18. The fourth-order valence-electron chi connectivity index (χ4n) is 2.21. The first-order chi connectivity index (χ1) is 9.35. The van der Waals surface area contributed by atoms with Gasteiger partial charge in [0, 0.05) is 13.1 Å². The van der Waals surface area contributed by atoms with E-state index in [0.717, 1.165) is 31.7 Å². The van der Waals surface area contributed by atoms with E-state index in [1.165, 1.54) is 0 Å². The fraction of sp³-hybridized carbons (Fsp3) is 0.643. The number of aromatic nitrogens is 2. The van der Waals surface area contributed by atoms with Crippen LogP contribution in [0.3, 0.4) is 0 Å². The van der Waals surface area contributed by atoms with Crippen LogP contribution < -0.4 is 4.90 Å². The van der Waals surface area contributed by atoms with Gasteiger partial charge in [-0.1, -0.05) is 11.6 Å². The lowest BCUT2D eigenvalue weighted by atomic mass is 9.96. The van der Waals surface area contributed by atoms with E-state index in [1.54, 1.807) is 6.07 Å². The Bertz CT molecular complexity index is 462. The van der Waals surface area contributed by atoms with Crippen LogP contribution in [0.5, 0.6) is 0 Å². The van der Waals surface area contributed by atoms with Crippen molar-refractivity contribution in [3.63, 3.8) is 0 Å². The molecule has 0 radical (unpaired) electrons. The minimum absolute atomic E-state index is 0.0225. The normalized spacial score (nSPS) is 17.1. The number of anilines is 1. The molecule has 0 spiro atoms. The van der Waals surface area contributed by atoms with Gasteiger partial charge in [-0.2, -0.15) is 0 Å². The second kappa shape index (κ2) is 5.95. The molecule has 0 N–H and O–H groups in total. The number of hydrogen-bond donors (Lipinski definition) is 0. The van der Waals surface area contributed by atoms with E-state index in [-0.39, 0.29) is 11.9 Å². The van der Waals surface area contributed by atoms with E-state index in [4.69, 9.17) is 16.3 Å². The number of ether oxygens (including phenoxy) is 1. The van der Waals surface area contributed by atoms with Crippen LogP contribution in [-0.2, 0) is 9.53 Å². The third-order valence-corrected chi connectivity index (χ3v) is 3.38. The van der Waals surface area contributed by atoms with E-state index in [9.17, 15) is 4.79 Å². The highest BCUT2D eigenvalue weighted by molar-refractivity contribution is 6.29. The molecule has 1 aromatic heterocycles. The molecule has 1 aromatic rings. The Morgan fingerprint density at radius 2 is 1.95 bits per heavy atom. The van der Waals surface area contributed by atoms with Gasteiger partial charge < -0.3 is 9.64 Å². The molecule has 1 aliphatic heterocycles. The van der Waals surface area contributed by atoms with Crippen LogP contribution in [0, 0.1) is 5.92 Å². The highest BCUT2D eigenvalue weighted by Crippen LogP contribution is 2.24. The molecule has 0 atom stereocenters. The van der Waals surface area contributed by atoms with Crippen molar-refractivity contribution in [3.05, 3.63) is 17.3 Å². The molecule has 0 saturated carbocycles. The summed E-state index contributed by atoms with van der Waals surface area (Å²) in [6, 6.07) is 3.58. The van der Waals surface area contributed by atoms with Gasteiger partial charge in [0.15, 0.2) is 11.0 Å². The van der Waals surface area contributed by atoms with Crippen molar-refractivity contribution < 1.29 is 9.53 Å². The van der Waals surface area contributed by atoms with Crippen LogP contribution in [0.25, 0.3) is 0 Å². The Hall–Kier alpha value is -1.36. The van der Waals surface area contributed by atoms with Gasteiger partial charge in [0.25, 0.3) is 0 Å². The van der Waals surface area contributed by atoms with Crippen molar-refractivity contribution in [2.24, 2.45) is 5.92 Å². The molecular weight excluding hydrogens is 278 g/mol. The summed E-state index contributed by atoms with van der Waals surface area (Å²) in [5.74, 6) is 0.683. The molecule has 1 saturated heterocycles. The van der Waals surface area contributed by atoms with E-state index in [2.05, 4.69) is 15.1 Å². The first-order valence-electron chi connectivity index (χ1n) is 6.82. The predicted octanol–water partition coefficient (Wildman–Crippen LogP) is 2.69. The SMILES string of the molecule is CC(C)(C)OC(=O)C1CCN(c2ccc(Cl)nn2)CC1. The lowest BCUT2D eigenvalue weighted by Crippen LogP contribution is -2.39. The molecule has 2 heterocycles. The molecule has 20 heavy (non-hydrogen) atoms. The van der Waals surface area contributed by atoms with Crippen LogP contribution in [0.1, 0.15) is 33.6 Å². The summed E-state index contributed by atoms with van der Waals surface area (Å²) in [5, 5.41) is 8.28. The first kappa shape index (κ1) is 15.0. The zero-order valence-corrected chi connectivity index (χ0v) is 12.9. The van der Waals surface area contributed by atoms with Gasteiger partial charge in [-0.25, -0.2) is 0 Å². The van der Waals surface area contributed by atoms with Gasteiger partial charge >= 0.3 is 5.97 Å². The molecular formula is C14H20ClN3O2. The van der Waals surface area contributed by atoms with E-state index in [0.29, 0.717) is 5.15 Å². The maximum absolute atomic E-state index is 12.0. The van der Waals surface area contributed by atoms with Crippen LogP contribution in [0.2, 0.25) is 5.15 Å². The molecule has 1 aliphatic rings. The highest BCUT2D eigenvalue weighted by Gasteiger charge is 2.29. The summed E-state index contributed by atoms with van der Waals surface area (Å²) < 4.78 is 5.43. The maximum atomic E-state index is 12.0. The van der Waals surface area contributed by atoms with Crippen molar-refractivity contribution in [1.82, 2.24) is 10.2 Å². The summed E-state index contributed by atoms with van der Waals surface area (Å²) in [5.41, 5.74) is -0.421. The smallest absolute Gasteiger partial charge is 0.309 e. The average Bonchev–Trinajstić information content (AvgIpc) is 2.38. The largest absolute Gasteiger partial charge is 0.460 e. The maximum Gasteiger partial charge on any atom is 0.309 e. The highest BCUT2D eigenvalue weighted by atomic mass is 35.5. The molecule has 0 unspecified atom stereocenters. The predicted molar refractivity (Wildman–Crippen MR) is 77.8 cm³/mol. The van der Waals surface area contributed by atoms with Crippen molar-refractivity contribution in [2.45, 2.75) is 39.2 Å². The average molecular weight is 298 g/mol. The molecule has 0 amide bonds. The Kier molecular flexibility index (Phi) is 4.48. The quantitative estimate of drug-likeness (QED) is 0.786. The van der Waals surface area contributed by atoms with Crippen LogP contribution in [0.4, 0.5) is 5.82 Å². The number of esters is 1. The van der Waals surface area contributed by atoms with Crippen molar-refractivity contribution >= 4 is 23.4 Å². The van der Waals surface area contributed by atoms with Crippen LogP contribution in [0.15, 0.2) is 12.1 Å². The number of nitrogens with zero attached hydrogens (tertiary/aromatic N) is 3. The second-order valence-electron chi connectivity index (χ2n) is 6.01. The van der Waals surface area contributed by atoms with Gasteiger partial charge in [-0.15, -0.1) is 10.2 Å². The third kappa shape index (κ3) is 4.07. The zero-order valence-electron chi connectivity index (χ0n) is 12.1. The topological polar surface area (TPSA) is 55.3 Å². The molecule has 0 bridgehead atoms. The summed E-state index contributed by atoms with van der Waals surface area (Å²) in [6.45, 7) is 7.23. The first-order valence-corrected chi connectivity index (χ1v) is 7.20. The van der Waals surface area contributed by atoms with Crippen molar-refractivity contribution in [3.8, 4) is 0 Å². The molecule has 0 aliphatic carbocycles. The van der Waals surface area contributed by atoms with Gasteiger partial charge in [0.2, 0.25) is 0 Å². The number of hydrogen-bond acceptors (Lipinski definition) is 5. The number of rotatable bonds is 2. The molecule has 110 valence electrons. The lowest BCUT2D eigenvalue weighted by Gasteiger charge is -2.32. The lowest BCUT2D eigenvalue weighted by molar-refractivity contribution is -0.160. The van der Waals surface area contributed by atoms with Gasteiger partial charge in [-0.05, 0) is 45.7 Å². The molecule has 0 aromatic carbocycles. The van der Waals surface area contributed by atoms with Crippen LogP contribution >= 0.6 is 11.6 Å². The Labute approximate surface area is 124 Å². The molecule has 2 rings (SSSR count). The Morgan fingerprint density at radius 3 is 2.45 bits per heavy atom. The summed E-state index contributed by atoms with van der Waals surface area (Å²) >= 11 is 5.72. The Balaban J connectivity index is 1.89. The minimum atomic E-state index is -0.421. The molecule has 6 heteroatoms. The number of carbonyl (C=O) groups excluding carboxylic acids is 1. The van der Waals surface area contributed by atoms with Gasteiger partial charge in [0.05, 0.1) is 5.92 Å². The van der Waals surface area contributed by atoms with E-state index >= 15 is 0 Å². The molecule has 1 fully saturated rings. The summed E-state index contributed by atoms with van der Waals surface area (Å²) in [4.78, 5) is 14.1. The van der Waals surface area contributed by atoms with E-state index < -0.39 is 5.60 Å². The number of piperidine rings is 1. The number of halogens is 1. The monoisotopic (exact) mass is 297 g/mol. The van der Waals surface area contributed by atoms with Crippen molar-refractivity contribution in [1.29, 1.82) is 0 Å². The summed E-state index contributed by atoms with van der Waals surface area (Å²) in [6.07, 6.45) is 1.55. The number of carbonyl (C=O) groups is 1. The second-order valence-corrected chi connectivity index (χ2v) is 6.40. The van der Waals surface area contributed by atoms with Crippen molar-refractivity contribution in [2.75, 3.05) is 18.0 Å². The summed E-state index contributed by atoms with van der Waals surface area (Å²) in [7, 11) is 0. The fourth-order valence-corrected chi connectivity index (χ4v) is 2.31.